The Labute approximate surface area is 108 Å². The second-order valence-corrected chi connectivity index (χ2v) is 6.46. The standard InChI is InChI=1S/C15H21Br/c1-10(2)15(16)14-9-8-11(3)12-6-4-5-7-13(12)14/h4-7,10-11,14-15H,8-9H2,1-3H3. The Balaban J connectivity index is 2.34. The van der Waals surface area contributed by atoms with E-state index >= 15 is 0 Å². The van der Waals surface area contributed by atoms with Crippen LogP contribution in [-0.2, 0) is 0 Å². The summed E-state index contributed by atoms with van der Waals surface area (Å²) >= 11 is 3.89. The Morgan fingerprint density at radius 3 is 2.38 bits per heavy atom. The summed E-state index contributed by atoms with van der Waals surface area (Å²) in [5, 5.41) is 0. The van der Waals surface area contributed by atoms with Gasteiger partial charge in [0, 0.05) is 4.83 Å². The van der Waals surface area contributed by atoms with Gasteiger partial charge in [0.2, 0.25) is 0 Å². The fourth-order valence-corrected chi connectivity index (χ4v) is 3.38. The molecule has 1 aliphatic rings. The van der Waals surface area contributed by atoms with Crippen LogP contribution in [0.4, 0.5) is 0 Å². The maximum absolute atomic E-state index is 3.89. The van der Waals surface area contributed by atoms with Crippen molar-refractivity contribution in [3.63, 3.8) is 0 Å². The highest BCUT2D eigenvalue weighted by Crippen LogP contribution is 2.43. The summed E-state index contributed by atoms with van der Waals surface area (Å²) in [5.74, 6) is 2.14. The number of rotatable bonds is 2. The number of fused-ring (bicyclic) bond motifs is 1. The topological polar surface area (TPSA) is 0 Å². The first-order chi connectivity index (χ1) is 7.61. The number of hydrogen-bond acceptors (Lipinski definition) is 0. The number of hydrogen-bond donors (Lipinski definition) is 0. The lowest BCUT2D eigenvalue weighted by Gasteiger charge is -2.34. The minimum absolute atomic E-state index is 0.612. The summed E-state index contributed by atoms with van der Waals surface area (Å²) in [5.41, 5.74) is 3.15. The van der Waals surface area contributed by atoms with E-state index in [1.165, 1.54) is 12.8 Å². The Kier molecular flexibility index (Phi) is 3.73. The number of halogens is 1. The van der Waals surface area contributed by atoms with Gasteiger partial charge in [0.1, 0.15) is 0 Å². The highest BCUT2D eigenvalue weighted by Gasteiger charge is 2.30. The van der Waals surface area contributed by atoms with Gasteiger partial charge in [-0.1, -0.05) is 61.0 Å². The van der Waals surface area contributed by atoms with Crippen molar-refractivity contribution in [3.8, 4) is 0 Å². The SMILES string of the molecule is CC1CCC(C(Br)C(C)C)c2ccccc21. The molecule has 2 rings (SSSR count). The molecule has 0 saturated carbocycles. The first-order valence-electron chi connectivity index (χ1n) is 6.34. The lowest BCUT2D eigenvalue weighted by Crippen LogP contribution is -2.23. The maximum atomic E-state index is 3.89. The van der Waals surface area contributed by atoms with E-state index in [4.69, 9.17) is 0 Å². The van der Waals surface area contributed by atoms with Crippen LogP contribution in [0.2, 0.25) is 0 Å². The van der Waals surface area contributed by atoms with Crippen LogP contribution in [0.15, 0.2) is 24.3 Å². The summed E-state index contributed by atoms with van der Waals surface area (Å²) in [6, 6.07) is 9.00. The highest BCUT2D eigenvalue weighted by molar-refractivity contribution is 9.09. The van der Waals surface area contributed by atoms with Gasteiger partial charge in [0.15, 0.2) is 0 Å². The molecule has 0 fully saturated rings. The van der Waals surface area contributed by atoms with Gasteiger partial charge in [-0.15, -0.1) is 0 Å². The summed E-state index contributed by atoms with van der Waals surface area (Å²) in [7, 11) is 0. The van der Waals surface area contributed by atoms with Gasteiger partial charge in [0.05, 0.1) is 0 Å². The Hall–Kier alpha value is -0.300. The largest absolute Gasteiger partial charge is 0.0881 e. The van der Waals surface area contributed by atoms with E-state index in [1.807, 2.05) is 0 Å². The molecule has 0 saturated heterocycles. The molecule has 0 nitrogen and oxygen atoms in total. The van der Waals surface area contributed by atoms with E-state index in [0.29, 0.717) is 16.7 Å². The second kappa shape index (κ2) is 4.91. The molecule has 0 aromatic heterocycles. The molecule has 3 atom stereocenters. The zero-order valence-corrected chi connectivity index (χ0v) is 12.0. The molecule has 3 unspecified atom stereocenters. The summed E-state index contributed by atoms with van der Waals surface area (Å²) in [6.07, 6.45) is 2.66. The number of benzene rings is 1. The molecule has 1 aromatic carbocycles. The van der Waals surface area contributed by atoms with Gasteiger partial charge in [-0.3, -0.25) is 0 Å². The van der Waals surface area contributed by atoms with Crippen LogP contribution in [0, 0.1) is 5.92 Å². The summed E-state index contributed by atoms with van der Waals surface area (Å²) in [4.78, 5) is 0.612. The third-order valence-electron chi connectivity index (χ3n) is 3.86. The van der Waals surface area contributed by atoms with Gasteiger partial charge >= 0.3 is 0 Å². The molecule has 16 heavy (non-hydrogen) atoms. The van der Waals surface area contributed by atoms with Crippen LogP contribution in [-0.4, -0.2) is 4.83 Å². The minimum Gasteiger partial charge on any atom is -0.0881 e. The fraction of sp³-hybridized carbons (Fsp3) is 0.600. The molecule has 1 aromatic rings. The van der Waals surface area contributed by atoms with Crippen LogP contribution < -0.4 is 0 Å². The van der Waals surface area contributed by atoms with Crippen LogP contribution >= 0.6 is 15.9 Å². The third-order valence-corrected chi connectivity index (χ3v) is 5.55. The van der Waals surface area contributed by atoms with Crippen molar-refractivity contribution in [2.45, 2.75) is 50.3 Å². The maximum Gasteiger partial charge on any atom is 0.0237 e. The van der Waals surface area contributed by atoms with Crippen LogP contribution in [0.1, 0.15) is 56.6 Å². The van der Waals surface area contributed by atoms with Crippen molar-refractivity contribution in [1.82, 2.24) is 0 Å². The Bertz CT molecular complexity index is 356. The Morgan fingerprint density at radius 2 is 1.75 bits per heavy atom. The van der Waals surface area contributed by atoms with Gasteiger partial charge < -0.3 is 0 Å². The first kappa shape index (κ1) is 12.2. The van der Waals surface area contributed by atoms with Crippen molar-refractivity contribution < 1.29 is 0 Å². The average molecular weight is 281 g/mol. The summed E-state index contributed by atoms with van der Waals surface area (Å²) in [6.45, 7) is 6.97. The van der Waals surface area contributed by atoms with Gasteiger partial charge in [-0.25, -0.2) is 0 Å². The van der Waals surface area contributed by atoms with Crippen molar-refractivity contribution in [1.29, 1.82) is 0 Å². The zero-order chi connectivity index (χ0) is 11.7. The fourth-order valence-electron chi connectivity index (χ4n) is 2.83. The minimum atomic E-state index is 0.612. The molecule has 0 spiro atoms. The smallest absolute Gasteiger partial charge is 0.0237 e. The second-order valence-electron chi connectivity index (χ2n) is 5.40. The molecule has 0 heterocycles. The van der Waals surface area contributed by atoms with Crippen LogP contribution in [0.25, 0.3) is 0 Å². The first-order valence-corrected chi connectivity index (χ1v) is 7.25. The summed E-state index contributed by atoms with van der Waals surface area (Å²) < 4.78 is 0. The molecular weight excluding hydrogens is 260 g/mol. The predicted octanol–water partition coefficient (Wildman–Crippen LogP) is 5.09. The van der Waals surface area contributed by atoms with E-state index in [9.17, 15) is 0 Å². The van der Waals surface area contributed by atoms with E-state index in [2.05, 4.69) is 61.0 Å². The number of alkyl halides is 1. The average Bonchev–Trinajstić information content (AvgIpc) is 2.29. The van der Waals surface area contributed by atoms with E-state index < -0.39 is 0 Å². The van der Waals surface area contributed by atoms with Crippen LogP contribution in [0.3, 0.4) is 0 Å². The lowest BCUT2D eigenvalue weighted by molar-refractivity contribution is 0.443. The van der Waals surface area contributed by atoms with Crippen LogP contribution in [0.5, 0.6) is 0 Å². The molecular formula is C15H21Br. The lowest BCUT2D eigenvalue weighted by atomic mass is 9.74. The molecule has 88 valence electrons. The molecule has 0 radical (unpaired) electrons. The Morgan fingerprint density at radius 1 is 1.12 bits per heavy atom. The van der Waals surface area contributed by atoms with E-state index in [1.54, 1.807) is 11.1 Å². The molecule has 1 aliphatic carbocycles. The predicted molar refractivity (Wildman–Crippen MR) is 74.4 cm³/mol. The molecule has 0 amide bonds. The molecule has 0 aliphatic heterocycles. The van der Waals surface area contributed by atoms with Crippen molar-refractivity contribution >= 4 is 15.9 Å². The molecule has 1 heteroatoms. The van der Waals surface area contributed by atoms with Crippen molar-refractivity contribution in [3.05, 3.63) is 35.4 Å². The van der Waals surface area contributed by atoms with Gasteiger partial charge in [-0.05, 0) is 41.7 Å². The quantitative estimate of drug-likeness (QED) is 0.662. The van der Waals surface area contributed by atoms with E-state index in [0.717, 1.165) is 5.92 Å². The molecule has 0 bridgehead atoms. The van der Waals surface area contributed by atoms with E-state index in [-0.39, 0.29) is 0 Å². The van der Waals surface area contributed by atoms with Crippen molar-refractivity contribution in [2.75, 3.05) is 0 Å². The highest BCUT2D eigenvalue weighted by atomic mass is 79.9. The zero-order valence-electron chi connectivity index (χ0n) is 10.4. The monoisotopic (exact) mass is 280 g/mol. The van der Waals surface area contributed by atoms with Crippen molar-refractivity contribution in [2.24, 2.45) is 5.92 Å². The third kappa shape index (κ3) is 2.20. The van der Waals surface area contributed by atoms with Gasteiger partial charge in [-0.2, -0.15) is 0 Å². The molecule has 0 N–H and O–H groups in total. The normalized spacial score (nSPS) is 26.6. The van der Waals surface area contributed by atoms with Gasteiger partial charge in [0.25, 0.3) is 0 Å².